The number of methoxy groups -OCH3 is 1. The molecule has 2 atom stereocenters. The van der Waals surface area contributed by atoms with Gasteiger partial charge in [-0.15, -0.1) is 0 Å². The highest BCUT2D eigenvalue weighted by molar-refractivity contribution is 6.30. The molecule has 1 N–H and O–H groups in total. The average molecular weight is 396 g/mol. The number of anilines is 1. The number of halogens is 1. The number of ether oxygens (including phenoxy) is 1. The smallest absolute Gasteiger partial charge is 0.328 e. The van der Waals surface area contributed by atoms with Gasteiger partial charge >= 0.3 is 5.97 Å². The van der Waals surface area contributed by atoms with Crippen molar-refractivity contribution in [3.63, 3.8) is 0 Å². The quantitative estimate of drug-likeness (QED) is 0.718. The predicted molar refractivity (Wildman–Crippen MR) is 108 cm³/mol. The Labute approximate surface area is 166 Å². The minimum absolute atomic E-state index is 0.0315. The van der Waals surface area contributed by atoms with Crippen LogP contribution in [0.4, 0.5) is 5.69 Å². The Bertz CT molecular complexity index is 660. The molecule has 0 spiro atoms. The van der Waals surface area contributed by atoms with E-state index >= 15 is 0 Å². The van der Waals surface area contributed by atoms with E-state index < -0.39 is 6.04 Å². The Kier molecular flexibility index (Phi) is 7.92. The number of aryl methyl sites for hydroxylation is 1. The number of nitrogens with one attached hydrogen (secondary N) is 1. The first kappa shape index (κ1) is 21.5. The molecule has 1 fully saturated rings. The highest BCUT2D eigenvalue weighted by atomic mass is 35.5. The third-order valence-corrected chi connectivity index (χ3v) is 5.47. The third-order valence-electron chi connectivity index (χ3n) is 5.24. The molecule has 2 rings (SSSR count). The van der Waals surface area contributed by atoms with E-state index in [-0.39, 0.29) is 24.3 Å². The maximum Gasteiger partial charge on any atom is 0.328 e. The van der Waals surface area contributed by atoms with Crippen LogP contribution < -0.4 is 10.2 Å². The number of esters is 1. The van der Waals surface area contributed by atoms with Gasteiger partial charge in [-0.25, -0.2) is 4.79 Å². The molecular formula is C20H30ClN3O3. The second kappa shape index (κ2) is 9.95. The van der Waals surface area contributed by atoms with Crippen molar-refractivity contribution in [2.45, 2.75) is 33.2 Å². The van der Waals surface area contributed by atoms with Crippen molar-refractivity contribution in [1.82, 2.24) is 10.2 Å². The minimum Gasteiger partial charge on any atom is -0.467 e. The van der Waals surface area contributed by atoms with E-state index in [2.05, 4.69) is 22.0 Å². The average Bonchev–Trinajstić information content (AvgIpc) is 2.67. The van der Waals surface area contributed by atoms with Crippen molar-refractivity contribution in [3.8, 4) is 0 Å². The molecule has 1 aliphatic rings. The molecule has 6 nitrogen and oxygen atoms in total. The van der Waals surface area contributed by atoms with E-state index in [9.17, 15) is 9.59 Å². The fourth-order valence-electron chi connectivity index (χ4n) is 3.29. The Morgan fingerprint density at radius 1 is 1.26 bits per heavy atom. The number of piperazine rings is 1. The lowest BCUT2D eigenvalue weighted by Gasteiger charge is -2.36. The zero-order chi connectivity index (χ0) is 20.0. The summed E-state index contributed by atoms with van der Waals surface area (Å²) in [7, 11) is 1.35. The molecule has 1 aromatic rings. The van der Waals surface area contributed by atoms with Crippen LogP contribution in [0, 0.1) is 12.8 Å². The van der Waals surface area contributed by atoms with Crippen LogP contribution in [0.3, 0.4) is 0 Å². The first-order valence-electron chi connectivity index (χ1n) is 9.46. The van der Waals surface area contributed by atoms with Gasteiger partial charge in [0.15, 0.2) is 0 Å². The standard InChI is InChI=1S/C20H30ClN3O3/c1-5-14(2)19(20(26)27-4)22-18(25)13-23-8-10-24(11-9-23)17-12-16(21)7-6-15(17)3/h6-7,12,14,19H,5,8-11,13H2,1-4H3,(H,22,25)/t14-,19-/m0/s1. The molecule has 1 amide bonds. The van der Waals surface area contributed by atoms with E-state index in [1.165, 1.54) is 12.7 Å². The number of amides is 1. The molecule has 1 heterocycles. The number of carbonyl (C=O) groups is 2. The summed E-state index contributed by atoms with van der Waals surface area (Å²) in [6.45, 7) is 9.52. The monoisotopic (exact) mass is 395 g/mol. The molecule has 0 aliphatic carbocycles. The van der Waals surface area contributed by atoms with Crippen LogP contribution in [0.1, 0.15) is 25.8 Å². The van der Waals surface area contributed by atoms with Crippen molar-refractivity contribution in [1.29, 1.82) is 0 Å². The van der Waals surface area contributed by atoms with Gasteiger partial charge in [0.05, 0.1) is 13.7 Å². The van der Waals surface area contributed by atoms with Gasteiger partial charge in [0.2, 0.25) is 5.91 Å². The van der Waals surface area contributed by atoms with E-state index in [1.807, 2.05) is 32.0 Å². The van der Waals surface area contributed by atoms with Crippen molar-refractivity contribution in [2.75, 3.05) is 44.7 Å². The van der Waals surface area contributed by atoms with Crippen molar-refractivity contribution < 1.29 is 14.3 Å². The molecule has 1 aliphatic heterocycles. The second-order valence-corrected chi connectivity index (χ2v) is 7.58. The molecule has 7 heteroatoms. The fraction of sp³-hybridized carbons (Fsp3) is 0.600. The van der Waals surface area contributed by atoms with E-state index in [4.69, 9.17) is 16.3 Å². The molecule has 1 saturated heterocycles. The number of rotatable bonds is 7. The van der Waals surface area contributed by atoms with Gasteiger partial charge in [-0.3, -0.25) is 9.69 Å². The summed E-state index contributed by atoms with van der Waals surface area (Å²) in [6.07, 6.45) is 0.789. The van der Waals surface area contributed by atoms with Gasteiger partial charge < -0.3 is 15.0 Å². The number of hydrogen-bond acceptors (Lipinski definition) is 5. The summed E-state index contributed by atoms with van der Waals surface area (Å²) in [5.41, 5.74) is 2.34. The molecule has 0 unspecified atom stereocenters. The molecule has 0 bridgehead atoms. The maximum atomic E-state index is 12.4. The molecular weight excluding hydrogens is 366 g/mol. The summed E-state index contributed by atoms with van der Waals surface area (Å²) in [5.74, 6) is -0.499. The molecule has 0 saturated carbocycles. The van der Waals surface area contributed by atoms with Gasteiger partial charge in [-0.2, -0.15) is 0 Å². The van der Waals surface area contributed by atoms with Crippen molar-refractivity contribution >= 4 is 29.2 Å². The highest BCUT2D eigenvalue weighted by Crippen LogP contribution is 2.25. The lowest BCUT2D eigenvalue weighted by Crippen LogP contribution is -2.52. The zero-order valence-electron chi connectivity index (χ0n) is 16.6. The van der Waals surface area contributed by atoms with Gasteiger partial charge in [-0.05, 0) is 30.5 Å². The summed E-state index contributed by atoms with van der Waals surface area (Å²) in [5, 5.41) is 3.57. The number of carbonyl (C=O) groups excluding carboxylic acids is 2. The molecule has 1 aromatic carbocycles. The Hall–Kier alpha value is -1.79. The lowest BCUT2D eigenvalue weighted by atomic mass is 9.99. The predicted octanol–water partition coefficient (Wildman–Crippen LogP) is 2.47. The second-order valence-electron chi connectivity index (χ2n) is 7.15. The summed E-state index contributed by atoms with van der Waals surface area (Å²) in [4.78, 5) is 28.8. The topological polar surface area (TPSA) is 61.9 Å². The number of nitrogens with zero attached hydrogens (tertiary/aromatic N) is 2. The summed E-state index contributed by atoms with van der Waals surface area (Å²) in [6, 6.07) is 5.32. The zero-order valence-corrected chi connectivity index (χ0v) is 17.4. The van der Waals surface area contributed by atoms with Crippen LogP contribution in [-0.2, 0) is 14.3 Å². The maximum absolute atomic E-state index is 12.4. The molecule has 27 heavy (non-hydrogen) atoms. The third kappa shape index (κ3) is 5.84. The van der Waals surface area contributed by atoms with Crippen LogP contribution in [0.15, 0.2) is 18.2 Å². The SMILES string of the molecule is CC[C@H](C)[C@H](NC(=O)CN1CCN(c2cc(Cl)ccc2C)CC1)C(=O)OC. The number of benzene rings is 1. The minimum atomic E-state index is -0.595. The normalized spacial score (nSPS) is 17.3. The largest absolute Gasteiger partial charge is 0.467 e. The Morgan fingerprint density at radius 2 is 1.93 bits per heavy atom. The summed E-state index contributed by atoms with van der Waals surface area (Å²) >= 11 is 6.13. The first-order chi connectivity index (χ1) is 12.8. The Balaban J connectivity index is 1.88. The van der Waals surface area contributed by atoms with E-state index in [1.54, 1.807) is 0 Å². The van der Waals surface area contributed by atoms with Gasteiger partial charge in [0.25, 0.3) is 0 Å². The number of hydrogen-bond donors (Lipinski definition) is 1. The highest BCUT2D eigenvalue weighted by Gasteiger charge is 2.28. The molecule has 0 radical (unpaired) electrons. The van der Waals surface area contributed by atoms with Crippen LogP contribution in [0.25, 0.3) is 0 Å². The summed E-state index contributed by atoms with van der Waals surface area (Å²) < 4.78 is 4.83. The van der Waals surface area contributed by atoms with Crippen LogP contribution in [-0.4, -0.2) is 62.7 Å². The van der Waals surface area contributed by atoms with Crippen LogP contribution >= 0.6 is 11.6 Å². The van der Waals surface area contributed by atoms with Crippen molar-refractivity contribution in [2.24, 2.45) is 5.92 Å². The van der Waals surface area contributed by atoms with Gasteiger partial charge in [-0.1, -0.05) is 37.9 Å². The van der Waals surface area contributed by atoms with Crippen molar-refractivity contribution in [3.05, 3.63) is 28.8 Å². The van der Waals surface area contributed by atoms with Crippen LogP contribution in [0.5, 0.6) is 0 Å². The van der Waals surface area contributed by atoms with E-state index in [0.29, 0.717) is 0 Å². The van der Waals surface area contributed by atoms with E-state index in [0.717, 1.165) is 43.3 Å². The molecule has 0 aromatic heterocycles. The Morgan fingerprint density at radius 3 is 2.52 bits per heavy atom. The molecule has 150 valence electrons. The van der Waals surface area contributed by atoms with Crippen LogP contribution in [0.2, 0.25) is 5.02 Å². The van der Waals surface area contributed by atoms with Gasteiger partial charge in [0, 0.05) is 36.9 Å². The lowest BCUT2D eigenvalue weighted by molar-refractivity contribution is -0.146. The fourth-order valence-corrected chi connectivity index (χ4v) is 3.45. The first-order valence-corrected chi connectivity index (χ1v) is 9.84. The van der Waals surface area contributed by atoms with Gasteiger partial charge in [0.1, 0.15) is 6.04 Å².